The summed E-state index contributed by atoms with van der Waals surface area (Å²) in [6, 6.07) is 8.39. The largest absolute Gasteiger partial charge is 0.368 e. The van der Waals surface area contributed by atoms with E-state index in [1.165, 1.54) is 17.5 Å². The van der Waals surface area contributed by atoms with E-state index >= 15 is 0 Å². The maximum absolute atomic E-state index is 6.14. The van der Waals surface area contributed by atoms with Gasteiger partial charge in [-0.15, -0.1) is 0 Å². The van der Waals surface area contributed by atoms with Gasteiger partial charge in [-0.05, 0) is 23.5 Å². The van der Waals surface area contributed by atoms with Crippen molar-refractivity contribution >= 4 is 6.08 Å². The molecule has 1 unspecified atom stereocenters. The monoisotopic (exact) mass is 304 g/mol. The second-order valence-electron chi connectivity index (χ2n) is 6.02. The van der Waals surface area contributed by atoms with Gasteiger partial charge in [-0.3, -0.25) is 0 Å². The van der Waals surface area contributed by atoms with Gasteiger partial charge in [0.15, 0.2) is 6.29 Å². The molecule has 1 saturated heterocycles. The molecule has 0 amide bonds. The Kier molecular flexibility index (Phi) is 7.10. The van der Waals surface area contributed by atoms with Gasteiger partial charge in [0.1, 0.15) is 6.10 Å². The lowest BCUT2D eigenvalue weighted by atomic mass is 10.1. The standard InChI is InChI=1S/C19H28O3/c1-4-5-6-9-16-10-7-8-11-17(16)14-22-18(15(2)3)19-20-12-13-21-19/h6-11,15,18-19H,4-5,12-14H2,1-3H3. The number of allylic oxidation sites excluding steroid dienone is 1. The molecule has 0 N–H and O–H groups in total. The highest BCUT2D eigenvalue weighted by atomic mass is 16.7. The van der Waals surface area contributed by atoms with Crippen LogP contribution in [0.4, 0.5) is 0 Å². The Morgan fingerprint density at radius 3 is 2.64 bits per heavy atom. The first-order valence-electron chi connectivity index (χ1n) is 8.31. The third-order valence-electron chi connectivity index (χ3n) is 3.81. The summed E-state index contributed by atoms with van der Waals surface area (Å²) in [5, 5.41) is 0. The van der Waals surface area contributed by atoms with Crippen LogP contribution in [0.1, 0.15) is 44.7 Å². The zero-order valence-corrected chi connectivity index (χ0v) is 14.0. The molecule has 1 heterocycles. The predicted octanol–water partition coefficient (Wildman–Crippen LogP) is 4.41. The summed E-state index contributed by atoms with van der Waals surface area (Å²) < 4.78 is 17.4. The number of hydrogen-bond donors (Lipinski definition) is 0. The minimum absolute atomic E-state index is 0.0322. The number of unbranched alkanes of at least 4 members (excludes halogenated alkanes) is 1. The molecule has 0 aliphatic carbocycles. The van der Waals surface area contributed by atoms with E-state index < -0.39 is 0 Å². The van der Waals surface area contributed by atoms with E-state index in [0.717, 1.165) is 6.42 Å². The zero-order chi connectivity index (χ0) is 15.8. The van der Waals surface area contributed by atoms with E-state index in [1.807, 2.05) is 0 Å². The Bertz CT molecular complexity index is 462. The summed E-state index contributed by atoms with van der Waals surface area (Å²) in [5.41, 5.74) is 2.44. The van der Waals surface area contributed by atoms with Gasteiger partial charge in [-0.1, -0.05) is 63.6 Å². The maximum Gasteiger partial charge on any atom is 0.184 e. The van der Waals surface area contributed by atoms with E-state index in [1.54, 1.807) is 0 Å². The average Bonchev–Trinajstić information content (AvgIpc) is 3.03. The Balaban J connectivity index is 2.00. The van der Waals surface area contributed by atoms with Gasteiger partial charge in [0, 0.05) is 0 Å². The molecule has 0 saturated carbocycles. The molecule has 1 aliphatic heterocycles. The fourth-order valence-electron chi connectivity index (χ4n) is 2.54. The van der Waals surface area contributed by atoms with Gasteiger partial charge in [0.2, 0.25) is 0 Å². The van der Waals surface area contributed by atoms with Crippen molar-refractivity contribution in [3.63, 3.8) is 0 Å². The summed E-state index contributed by atoms with van der Waals surface area (Å²) >= 11 is 0. The summed E-state index contributed by atoms with van der Waals surface area (Å²) in [7, 11) is 0. The predicted molar refractivity (Wildman–Crippen MR) is 89.5 cm³/mol. The lowest BCUT2D eigenvalue weighted by Crippen LogP contribution is -2.34. The van der Waals surface area contributed by atoms with E-state index in [0.29, 0.717) is 25.7 Å². The Hall–Kier alpha value is -1.16. The Labute approximate surface area is 134 Å². The van der Waals surface area contributed by atoms with E-state index in [-0.39, 0.29) is 12.4 Å². The lowest BCUT2D eigenvalue weighted by Gasteiger charge is -2.26. The van der Waals surface area contributed by atoms with E-state index in [4.69, 9.17) is 14.2 Å². The van der Waals surface area contributed by atoms with Crippen molar-refractivity contribution in [1.82, 2.24) is 0 Å². The second-order valence-corrected chi connectivity index (χ2v) is 6.02. The van der Waals surface area contributed by atoms with Crippen LogP contribution in [-0.4, -0.2) is 25.6 Å². The van der Waals surface area contributed by atoms with E-state index in [9.17, 15) is 0 Å². The van der Waals surface area contributed by atoms with Crippen molar-refractivity contribution in [3.05, 3.63) is 41.5 Å². The number of hydrogen-bond acceptors (Lipinski definition) is 3. The Morgan fingerprint density at radius 1 is 1.23 bits per heavy atom. The smallest absolute Gasteiger partial charge is 0.184 e. The first-order valence-corrected chi connectivity index (χ1v) is 8.31. The summed E-state index contributed by atoms with van der Waals surface area (Å²) in [5.74, 6) is 0.353. The van der Waals surface area contributed by atoms with Crippen molar-refractivity contribution in [1.29, 1.82) is 0 Å². The van der Waals surface area contributed by atoms with E-state index in [2.05, 4.69) is 57.2 Å². The molecule has 2 rings (SSSR count). The third kappa shape index (κ3) is 4.94. The topological polar surface area (TPSA) is 27.7 Å². The lowest BCUT2D eigenvalue weighted by molar-refractivity contribution is -0.162. The van der Waals surface area contributed by atoms with Crippen molar-refractivity contribution in [2.45, 2.75) is 52.6 Å². The Morgan fingerprint density at radius 2 is 1.95 bits per heavy atom. The maximum atomic E-state index is 6.14. The highest BCUT2D eigenvalue weighted by Crippen LogP contribution is 2.21. The first kappa shape index (κ1) is 17.2. The summed E-state index contributed by atoms with van der Waals surface area (Å²) in [6.07, 6.45) is 6.42. The van der Waals surface area contributed by atoms with Gasteiger partial charge < -0.3 is 14.2 Å². The molecule has 22 heavy (non-hydrogen) atoms. The van der Waals surface area contributed by atoms with Crippen LogP contribution in [0.25, 0.3) is 6.08 Å². The van der Waals surface area contributed by atoms with Crippen molar-refractivity contribution in [3.8, 4) is 0 Å². The fraction of sp³-hybridized carbons (Fsp3) is 0.579. The van der Waals surface area contributed by atoms with Crippen LogP contribution in [0.5, 0.6) is 0 Å². The summed E-state index contributed by atoms with van der Waals surface area (Å²) in [6.45, 7) is 8.37. The third-order valence-corrected chi connectivity index (χ3v) is 3.81. The van der Waals surface area contributed by atoms with Gasteiger partial charge >= 0.3 is 0 Å². The number of benzene rings is 1. The minimum atomic E-state index is -0.234. The molecule has 1 aliphatic rings. The van der Waals surface area contributed by atoms with Crippen LogP contribution in [0.2, 0.25) is 0 Å². The molecule has 3 nitrogen and oxygen atoms in total. The van der Waals surface area contributed by atoms with Crippen LogP contribution in [-0.2, 0) is 20.8 Å². The van der Waals surface area contributed by atoms with Gasteiger partial charge in [0.05, 0.1) is 19.8 Å². The molecular weight excluding hydrogens is 276 g/mol. The minimum Gasteiger partial charge on any atom is -0.368 e. The highest BCUT2D eigenvalue weighted by molar-refractivity contribution is 5.53. The quantitative estimate of drug-likeness (QED) is 0.712. The van der Waals surface area contributed by atoms with Crippen LogP contribution < -0.4 is 0 Å². The van der Waals surface area contributed by atoms with Crippen molar-refractivity contribution in [2.24, 2.45) is 5.92 Å². The molecule has 3 heteroatoms. The highest BCUT2D eigenvalue weighted by Gasteiger charge is 2.30. The molecule has 0 aromatic heterocycles. The average molecular weight is 304 g/mol. The van der Waals surface area contributed by atoms with Crippen molar-refractivity contribution in [2.75, 3.05) is 13.2 Å². The molecule has 1 fully saturated rings. The molecule has 0 radical (unpaired) electrons. The van der Waals surface area contributed by atoms with Gasteiger partial charge in [-0.2, -0.15) is 0 Å². The van der Waals surface area contributed by atoms with Crippen LogP contribution in [0.3, 0.4) is 0 Å². The summed E-state index contributed by atoms with van der Waals surface area (Å²) in [4.78, 5) is 0. The van der Waals surface area contributed by atoms with Crippen LogP contribution >= 0.6 is 0 Å². The molecule has 0 bridgehead atoms. The molecule has 1 atom stereocenters. The SMILES string of the molecule is CCCC=Cc1ccccc1COC(C(C)C)C1OCCO1. The molecule has 1 aromatic carbocycles. The van der Waals surface area contributed by atoms with Crippen molar-refractivity contribution < 1.29 is 14.2 Å². The normalized spacial score (nSPS) is 17.6. The molecule has 1 aromatic rings. The van der Waals surface area contributed by atoms with Gasteiger partial charge in [-0.25, -0.2) is 0 Å². The van der Waals surface area contributed by atoms with Crippen LogP contribution in [0.15, 0.2) is 30.3 Å². The molecule has 122 valence electrons. The number of rotatable bonds is 8. The zero-order valence-electron chi connectivity index (χ0n) is 14.0. The molecule has 0 spiro atoms. The second kappa shape index (κ2) is 9.09. The van der Waals surface area contributed by atoms with Gasteiger partial charge in [0.25, 0.3) is 0 Å². The van der Waals surface area contributed by atoms with Crippen LogP contribution in [0, 0.1) is 5.92 Å². The fourth-order valence-corrected chi connectivity index (χ4v) is 2.54. The first-order chi connectivity index (χ1) is 10.7. The number of ether oxygens (including phenoxy) is 3. The molecular formula is C19H28O3.